The highest BCUT2D eigenvalue weighted by Crippen LogP contribution is 2.26. The molecule has 0 radical (unpaired) electrons. The van der Waals surface area contributed by atoms with Crippen LogP contribution >= 0.6 is 23.4 Å². The molecule has 0 aromatic heterocycles. The molecule has 1 rings (SSSR count). The lowest BCUT2D eigenvalue weighted by Gasteiger charge is -2.10. The van der Waals surface area contributed by atoms with Crippen LogP contribution in [-0.4, -0.2) is 17.0 Å². The van der Waals surface area contributed by atoms with Crippen LogP contribution < -0.4 is 0 Å². The highest BCUT2D eigenvalue weighted by molar-refractivity contribution is 8.00. The van der Waals surface area contributed by atoms with Crippen LogP contribution in [0.25, 0.3) is 0 Å². The molecular weight excluding hydrogens is 204 g/mol. The molecule has 0 aliphatic heterocycles. The summed E-state index contributed by atoms with van der Waals surface area (Å²) in [5.41, 5.74) is 0. The summed E-state index contributed by atoms with van der Waals surface area (Å²) in [6.07, 6.45) is 0.966. The molecule has 1 atom stereocenters. The second-order valence-electron chi connectivity index (χ2n) is 2.79. The van der Waals surface area contributed by atoms with Crippen molar-refractivity contribution in [1.82, 2.24) is 0 Å². The number of aliphatic hydroxyl groups is 1. The molecule has 72 valence electrons. The Hall–Kier alpha value is -0.180. The van der Waals surface area contributed by atoms with E-state index in [1.807, 2.05) is 24.3 Å². The number of rotatable bonds is 4. The van der Waals surface area contributed by atoms with Gasteiger partial charge in [0.1, 0.15) is 0 Å². The fraction of sp³-hybridized carbons (Fsp3) is 0.400. The zero-order valence-corrected chi connectivity index (χ0v) is 9.11. The van der Waals surface area contributed by atoms with E-state index in [4.69, 9.17) is 16.7 Å². The van der Waals surface area contributed by atoms with E-state index in [9.17, 15) is 0 Å². The van der Waals surface area contributed by atoms with Gasteiger partial charge in [0.25, 0.3) is 0 Å². The quantitative estimate of drug-likeness (QED) is 0.781. The molecule has 1 aromatic rings. The molecule has 1 aromatic carbocycles. The van der Waals surface area contributed by atoms with Crippen molar-refractivity contribution in [2.24, 2.45) is 0 Å². The first-order valence-electron chi connectivity index (χ1n) is 4.29. The molecule has 0 saturated carbocycles. The van der Waals surface area contributed by atoms with E-state index in [0.29, 0.717) is 0 Å². The summed E-state index contributed by atoms with van der Waals surface area (Å²) >= 11 is 7.51. The maximum absolute atomic E-state index is 9.00. The van der Waals surface area contributed by atoms with Crippen molar-refractivity contribution >= 4 is 23.4 Å². The van der Waals surface area contributed by atoms with Crippen molar-refractivity contribution in [3.8, 4) is 0 Å². The Morgan fingerprint density at radius 3 is 2.85 bits per heavy atom. The molecule has 13 heavy (non-hydrogen) atoms. The zero-order valence-electron chi connectivity index (χ0n) is 7.53. The smallest absolute Gasteiger partial charge is 0.0553 e. The first-order chi connectivity index (χ1) is 6.26. The predicted molar refractivity (Wildman–Crippen MR) is 58.5 cm³/mol. The second-order valence-corrected chi connectivity index (χ2v) is 4.60. The van der Waals surface area contributed by atoms with E-state index in [2.05, 4.69) is 6.92 Å². The first-order valence-corrected chi connectivity index (χ1v) is 5.55. The molecule has 0 aliphatic rings. The van der Waals surface area contributed by atoms with Crippen LogP contribution in [0.1, 0.15) is 13.3 Å². The summed E-state index contributed by atoms with van der Waals surface area (Å²) in [7, 11) is 0. The first kappa shape index (κ1) is 10.9. The standard InChI is InChI=1S/C10H13ClOS/c1-2-9(7-12)13-10-5-3-4-8(11)6-10/h3-6,9,12H,2,7H2,1H3. The molecular formula is C10H13ClOS. The van der Waals surface area contributed by atoms with E-state index < -0.39 is 0 Å². The third-order valence-electron chi connectivity index (χ3n) is 1.76. The molecule has 0 heterocycles. The molecule has 1 N–H and O–H groups in total. The number of hydrogen-bond donors (Lipinski definition) is 1. The van der Waals surface area contributed by atoms with Gasteiger partial charge in [0.15, 0.2) is 0 Å². The Bertz CT molecular complexity index is 261. The third kappa shape index (κ3) is 3.59. The summed E-state index contributed by atoms with van der Waals surface area (Å²) in [5.74, 6) is 0. The van der Waals surface area contributed by atoms with Crippen molar-refractivity contribution < 1.29 is 5.11 Å². The van der Waals surface area contributed by atoms with E-state index in [-0.39, 0.29) is 11.9 Å². The average Bonchev–Trinajstić information content (AvgIpc) is 2.14. The lowest BCUT2D eigenvalue weighted by Crippen LogP contribution is -2.05. The van der Waals surface area contributed by atoms with Gasteiger partial charge in [-0.3, -0.25) is 0 Å². The SMILES string of the molecule is CCC(CO)Sc1cccc(Cl)c1. The van der Waals surface area contributed by atoms with Gasteiger partial charge in [-0.25, -0.2) is 0 Å². The van der Waals surface area contributed by atoms with Crippen LogP contribution in [0.5, 0.6) is 0 Å². The summed E-state index contributed by atoms with van der Waals surface area (Å²) in [5, 5.41) is 10.0. The molecule has 0 bridgehead atoms. The molecule has 0 spiro atoms. The van der Waals surface area contributed by atoms with Crippen molar-refractivity contribution in [3.63, 3.8) is 0 Å². The fourth-order valence-electron chi connectivity index (χ4n) is 0.982. The molecule has 1 unspecified atom stereocenters. The molecule has 0 fully saturated rings. The molecule has 0 aliphatic carbocycles. The van der Waals surface area contributed by atoms with Crippen molar-refractivity contribution in [2.75, 3.05) is 6.61 Å². The normalized spacial score (nSPS) is 12.8. The Morgan fingerprint density at radius 2 is 2.31 bits per heavy atom. The van der Waals surface area contributed by atoms with Gasteiger partial charge in [-0.05, 0) is 24.6 Å². The Balaban J connectivity index is 2.62. The minimum absolute atomic E-state index is 0.216. The van der Waals surface area contributed by atoms with Gasteiger partial charge in [0, 0.05) is 15.2 Å². The molecule has 3 heteroatoms. The monoisotopic (exact) mass is 216 g/mol. The number of aliphatic hydroxyl groups excluding tert-OH is 1. The fourth-order valence-corrected chi connectivity index (χ4v) is 2.22. The minimum Gasteiger partial charge on any atom is -0.395 e. The van der Waals surface area contributed by atoms with Gasteiger partial charge in [0.05, 0.1) is 6.61 Å². The molecule has 0 saturated heterocycles. The second kappa shape index (κ2) is 5.53. The van der Waals surface area contributed by atoms with E-state index in [1.165, 1.54) is 0 Å². The van der Waals surface area contributed by atoms with Crippen LogP contribution in [-0.2, 0) is 0 Å². The van der Waals surface area contributed by atoms with Crippen LogP contribution in [0.15, 0.2) is 29.2 Å². The van der Waals surface area contributed by atoms with E-state index in [1.54, 1.807) is 11.8 Å². The van der Waals surface area contributed by atoms with Crippen LogP contribution in [0, 0.1) is 0 Å². The summed E-state index contributed by atoms with van der Waals surface area (Å²) in [4.78, 5) is 1.12. The number of hydrogen-bond acceptors (Lipinski definition) is 2. The number of thioether (sulfide) groups is 1. The lowest BCUT2D eigenvalue weighted by atomic mass is 10.3. The summed E-state index contributed by atoms with van der Waals surface area (Å²) < 4.78 is 0. The van der Waals surface area contributed by atoms with Gasteiger partial charge in [-0.2, -0.15) is 0 Å². The Morgan fingerprint density at radius 1 is 1.54 bits per heavy atom. The van der Waals surface area contributed by atoms with Gasteiger partial charge in [0.2, 0.25) is 0 Å². The zero-order chi connectivity index (χ0) is 9.68. The van der Waals surface area contributed by atoms with Crippen LogP contribution in [0.4, 0.5) is 0 Å². The molecule has 0 amide bonds. The predicted octanol–water partition coefficient (Wildman–Crippen LogP) is 3.20. The van der Waals surface area contributed by atoms with Gasteiger partial charge >= 0.3 is 0 Å². The maximum Gasteiger partial charge on any atom is 0.0553 e. The van der Waals surface area contributed by atoms with Crippen LogP contribution in [0.3, 0.4) is 0 Å². The largest absolute Gasteiger partial charge is 0.395 e. The number of benzene rings is 1. The van der Waals surface area contributed by atoms with Gasteiger partial charge in [-0.15, -0.1) is 11.8 Å². The van der Waals surface area contributed by atoms with Crippen molar-refractivity contribution in [3.05, 3.63) is 29.3 Å². The lowest BCUT2D eigenvalue weighted by molar-refractivity contribution is 0.292. The van der Waals surface area contributed by atoms with E-state index in [0.717, 1.165) is 16.3 Å². The minimum atomic E-state index is 0.216. The molecule has 1 nitrogen and oxygen atoms in total. The van der Waals surface area contributed by atoms with Gasteiger partial charge in [-0.1, -0.05) is 24.6 Å². The maximum atomic E-state index is 9.00. The third-order valence-corrected chi connectivity index (χ3v) is 3.33. The highest BCUT2D eigenvalue weighted by atomic mass is 35.5. The summed E-state index contributed by atoms with van der Waals surface area (Å²) in [6.45, 7) is 2.28. The Kier molecular flexibility index (Phi) is 4.64. The van der Waals surface area contributed by atoms with E-state index >= 15 is 0 Å². The van der Waals surface area contributed by atoms with Crippen molar-refractivity contribution in [1.29, 1.82) is 0 Å². The highest BCUT2D eigenvalue weighted by Gasteiger charge is 2.06. The summed E-state index contributed by atoms with van der Waals surface area (Å²) in [6, 6.07) is 7.71. The number of halogens is 1. The Labute approximate surface area is 88.1 Å². The average molecular weight is 217 g/mol. The van der Waals surface area contributed by atoms with Crippen molar-refractivity contribution in [2.45, 2.75) is 23.5 Å². The van der Waals surface area contributed by atoms with Crippen LogP contribution in [0.2, 0.25) is 5.02 Å². The topological polar surface area (TPSA) is 20.2 Å². The van der Waals surface area contributed by atoms with Gasteiger partial charge < -0.3 is 5.11 Å².